The largest absolute Gasteiger partial charge is 0.339 e. The normalized spacial score (nSPS) is 11.4. The van der Waals surface area contributed by atoms with Crippen molar-refractivity contribution in [2.45, 2.75) is 39.5 Å². The highest BCUT2D eigenvalue weighted by atomic mass is 16.5. The van der Waals surface area contributed by atoms with Crippen molar-refractivity contribution in [2.75, 3.05) is 0 Å². The molecule has 0 radical (unpaired) electrons. The molecule has 0 saturated carbocycles. The van der Waals surface area contributed by atoms with Gasteiger partial charge in [-0.1, -0.05) is 57.1 Å². The van der Waals surface area contributed by atoms with Crippen LogP contribution < -0.4 is 0 Å². The predicted molar refractivity (Wildman–Crippen MR) is 67.9 cm³/mol. The fourth-order valence-corrected chi connectivity index (χ4v) is 1.78. The number of rotatable bonds is 3. The third-order valence-corrected chi connectivity index (χ3v) is 2.76. The molecule has 0 aliphatic rings. The maximum atomic E-state index is 5.25. The zero-order chi connectivity index (χ0) is 12.4. The Balaban J connectivity index is 2.45. The minimum Gasteiger partial charge on any atom is -0.339 e. The third kappa shape index (κ3) is 2.38. The van der Waals surface area contributed by atoms with Crippen molar-refractivity contribution in [3.8, 4) is 11.4 Å². The molecule has 0 spiro atoms. The van der Waals surface area contributed by atoms with Crippen LogP contribution in [0.1, 0.15) is 51.0 Å². The smallest absolute Gasteiger partial charge is 0.229 e. The molecular formula is C14H18N2O. The Bertz CT molecular complexity index is 500. The Labute approximate surface area is 102 Å². The first-order valence-corrected chi connectivity index (χ1v) is 6.02. The standard InChI is InChI=1S/C14H18N2O/c1-9(2)11-7-5-6-8-12(11)13-15-14(10(3)4)17-16-13/h5-10H,1-4H3. The summed E-state index contributed by atoms with van der Waals surface area (Å²) in [5.74, 6) is 2.10. The lowest BCUT2D eigenvalue weighted by atomic mass is 9.97. The summed E-state index contributed by atoms with van der Waals surface area (Å²) in [4.78, 5) is 4.45. The van der Waals surface area contributed by atoms with Crippen molar-refractivity contribution in [1.82, 2.24) is 10.1 Å². The molecule has 0 aliphatic carbocycles. The molecule has 0 amide bonds. The Kier molecular flexibility index (Phi) is 3.27. The molecule has 17 heavy (non-hydrogen) atoms. The second kappa shape index (κ2) is 4.70. The number of aromatic nitrogens is 2. The minimum atomic E-state index is 0.266. The molecule has 3 nitrogen and oxygen atoms in total. The van der Waals surface area contributed by atoms with E-state index in [4.69, 9.17) is 4.52 Å². The molecule has 1 aromatic carbocycles. The van der Waals surface area contributed by atoms with Crippen LogP contribution >= 0.6 is 0 Å². The van der Waals surface area contributed by atoms with Gasteiger partial charge in [0.1, 0.15) is 0 Å². The van der Waals surface area contributed by atoms with Gasteiger partial charge in [0.2, 0.25) is 11.7 Å². The average Bonchev–Trinajstić information content (AvgIpc) is 2.78. The number of hydrogen-bond donors (Lipinski definition) is 0. The van der Waals surface area contributed by atoms with Crippen LogP contribution in [0.25, 0.3) is 11.4 Å². The van der Waals surface area contributed by atoms with Gasteiger partial charge in [0.15, 0.2) is 0 Å². The molecule has 1 aromatic heterocycles. The summed E-state index contributed by atoms with van der Waals surface area (Å²) < 4.78 is 5.25. The fraction of sp³-hybridized carbons (Fsp3) is 0.429. The monoisotopic (exact) mass is 230 g/mol. The lowest BCUT2D eigenvalue weighted by molar-refractivity contribution is 0.365. The SMILES string of the molecule is CC(C)c1nc(-c2ccccc2C(C)C)no1. The van der Waals surface area contributed by atoms with Crippen molar-refractivity contribution in [2.24, 2.45) is 0 Å². The molecule has 0 bridgehead atoms. The zero-order valence-electron chi connectivity index (χ0n) is 10.8. The van der Waals surface area contributed by atoms with E-state index in [2.05, 4.69) is 30.1 Å². The number of nitrogens with zero attached hydrogens (tertiary/aromatic N) is 2. The lowest BCUT2D eigenvalue weighted by Crippen LogP contribution is -1.93. The van der Waals surface area contributed by atoms with Gasteiger partial charge in [-0.2, -0.15) is 4.98 Å². The van der Waals surface area contributed by atoms with E-state index < -0.39 is 0 Å². The van der Waals surface area contributed by atoms with Crippen LogP contribution in [-0.2, 0) is 0 Å². The second-order valence-electron chi connectivity index (χ2n) is 4.85. The zero-order valence-corrected chi connectivity index (χ0v) is 10.8. The number of benzene rings is 1. The molecule has 2 rings (SSSR count). The van der Waals surface area contributed by atoms with Gasteiger partial charge in [-0.15, -0.1) is 0 Å². The van der Waals surface area contributed by atoms with Gasteiger partial charge in [-0.25, -0.2) is 0 Å². The van der Waals surface area contributed by atoms with E-state index in [0.717, 1.165) is 5.56 Å². The molecule has 2 aromatic rings. The van der Waals surface area contributed by atoms with Crippen molar-refractivity contribution >= 4 is 0 Å². The highest BCUT2D eigenvalue weighted by molar-refractivity contribution is 5.60. The Morgan fingerprint density at radius 2 is 1.71 bits per heavy atom. The quantitative estimate of drug-likeness (QED) is 0.800. The van der Waals surface area contributed by atoms with Gasteiger partial charge in [0, 0.05) is 11.5 Å². The first kappa shape index (κ1) is 11.8. The van der Waals surface area contributed by atoms with Gasteiger partial charge in [-0.05, 0) is 11.5 Å². The predicted octanol–water partition coefficient (Wildman–Crippen LogP) is 3.98. The van der Waals surface area contributed by atoms with E-state index >= 15 is 0 Å². The summed E-state index contributed by atoms with van der Waals surface area (Å²) in [5, 5.41) is 4.06. The van der Waals surface area contributed by atoms with E-state index in [-0.39, 0.29) is 5.92 Å². The Morgan fingerprint density at radius 3 is 2.29 bits per heavy atom. The molecule has 1 heterocycles. The molecule has 0 aliphatic heterocycles. The molecule has 0 fully saturated rings. The average molecular weight is 230 g/mol. The van der Waals surface area contributed by atoms with Crippen LogP contribution in [0.5, 0.6) is 0 Å². The summed E-state index contributed by atoms with van der Waals surface area (Å²) in [6, 6.07) is 8.21. The topological polar surface area (TPSA) is 38.9 Å². The van der Waals surface area contributed by atoms with Crippen molar-refractivity contribution in [3.05, 3.63) is 35.7 Å². The second-order valence-corrected chi connectivity index (χ2v) is 4.85. The lowest BCUT2D eigenvalue weighted by Gasteiger charge is -2.08. The first-order chi connectivity index (χ1) is 8.09. The van der Waals surface area contributed by atoms with Crippen LogP contribution in [-0.4, -0.2) is 10.1 Å². The Hall–Kier alpha value is -1.64. The van der Waals surface area contributed by atoms with Crippen LogP contribution in [0.4, 0.5) is 0 Å². The van der Waals surface area contributed by atoms with Gasteiger partial charge >= 0.3 is 0 Å². The maximum absolute atomic E-state index is 5.25. The fourth-order valence-electron chi connectivity index (χ4n) is 1.78. The molecule has 0 N–H and O–H groups in total. The van der Waals surface area contributed by atoms with E-state index in [1.54, 1.807) is 0 Å². The molecule has 0 saturated heterocycles. The van der Waals surface area contributed by atoms with Crippen LogP contribution in [0.3, 0.4) is 0 Å². The van der Waals surface area contributed by atoms with E-state index in [1.807, 2.05) is 32.0 Å². The van der Waals surface area contributed by atoms with Crippen molar-refractivity contribution in [3.63, 3.8) is 0 Å². The van der Waals surface area contributed by atoms with Gasteiger partial charge < -0.3 is 4.52 Å². The van der Waals surface area contributed by atoms with E-state index in [9.17, 15) is 0 Å². The van der Waals surface area contributed by atoms with E-state index in [0.29, 0.717) is 17.6 Å². The van der Waals surface area contributed by atoms with Crippen molar-refractivity contribution < 1.29 is 4.52 Å². The van der Waals surface area contributed by atoms with Gasteiger partial charge in [0.25, 0.3) is 0 Å². The summed E-state index contributed by atoms with van der Waals surface area (Å²) in [6.45, 7) is 8.43. The highest BCUT2D eigenvalue weighted by Gasteiger charge is 2.15. The maximum Gasteiger partial charge on any atom is 0.229 e. The highest BCUT2D eigenvalue weighted by Crippen LogP contribution is 2.27. The first-order valence-electron chi connectivity index (χ1n) is 6.02. The number of hydrogen-bond acceptors (Lipinski definition) is 3. The molecule has 0 unspecified atom stereocenters. The molecule has 3 heteroatoms. The van der Waals surface area contributed by atoms with Crippen LogP contribution in [0, 0.1) is 0 Å². The summed E-state index contributed by atoms with van der Waals surface area (Å²) in [5.41, 5.74) is 2.32. The minimum absolute atomic E-state index is 0.266. The molecule has 0 atom stereocenters. The van der Waals surface area contributed by atoms with Crippen LogP contribution in [0.15, 0.2) is 28.8 Å². The van der Waals surface area contributed by atoms with Crippen LogP contribution in [0.2, 0.25) is 0 Å². The van der Waals surface area contributed by atoms with Gasteiger partial charge in [-0.3, -0.25) is 0 Å². The molecule has 90 valence electrons. The van der Waals surface area contributed by atoms with Crippen molar-refractivity contribution in [1.29, 1.82) is 0 Å². The Morgan fingerprint density at radius 1 is 1.00 bits per heavy atom. The van der Waals surface area contributed by atoms with E-state index in [1.165, 1.54) is 5.56 Å². The summed E-state index contributed by atoms with van der Waals surface area (Å²) >= 11 is 0. The summed E-state index contributed by atoms with van der Waals surface area (Å²) in [7, 11) is 0. The van der Waals surface area contributed by atoms with Gasteiger partial charge in [0.05, 0.1) is 0 Å². The molecular weight excluding hydrogens is 212 g/mol. The third-order valence-electron chi connectivity index (χ3n) is 2.76. The summed E-state index contributed by atoms with van der Waals surface area (Å²) in [6.07, 6.45) is 0.